The summed E-state index contributed by atoms with van der Waals surface area (Å²) in [6, 6.07) is 5.02. The summed E-state index contributed by atoms with van der Waals surface area (Å²) in [5, 5.41) is 0. The van der Waals surface area contributed by atoms with E-state index in [1.54, 1.807) is 12.1 Å². The SMILES string of the molecule is NCc1cc(F)ccc1N1CCC2(CCCC2)CC1. The summed E-state index contributed by atoms with van der Waals surface area (Å²) in [6.07, 6.45) is 8.21. The maximum absolute atomic E-state index is 13.3. The quantitative estimate of drug-likeness (QED) is 0.884. The van der Waals surface area contributed by atoms with Crippen LogP contribution in [0.3, 0.4) is 0 Å². The summed E-state index contributed by atoms with van der Waals surface area (Å²) in [6.45, 7) is 2.60. The molecule has 0 amide bonds. The van der Waals surface area contributed by atoms with Crippen molar-refractivity contribution < 1.29 is 4.39 Å². The Balaban J connectivity index is 1.74. The Kier molecular flexibility index (Phi) is 3.48. The molecule has 0 bridgehead atoms. The monoisotopic (exact) mass is 262 g/mol. The van der Waals surface area contributed by atoms with E-state index < -0.39 is 0 Å². The maximum atomic E-state index is 13.3. The normalized spacial score (nSPS) is 22.1. The van der Waals surface area contributed by atoms with Gasteiger partial charge in [-0.15, -0.1) is 0 Å². The van der Waals surface area contributed by atoms with Crippen molar-refractivity contribution in [2.24, 2.45) is 11.1 Å². The summed E-state index contributed by atoms with van der Waals surface area (Å²) in [7, 11) is 0. The molecule has 0 radical (unpaired) electrons. The third-order valence-corrected chi connectivity index (χ3v) is 5.09. The zero-order chi connectivity index (χ0) is 13.3. The number of rotatable bonds is 2. The second kappa shape index (κ2) is 5.12. The Morgan fingerprint density at radius 3 is 2.42 bits per heavy atom. The van der Waals surface area contributed by atoms with E-state index in [0.717, 1.165) is 24.3 Å². The number of nitrogens with zero attached hydrogens (tertiary/aromatic N) is 1. The van der Waals surface area contributed by atoms with Gasteiger partial charge >= 0.3 is 0 Å². The Morgan fingerprint density at radius 1 is 1.11 bits per heavy atom. The van der Waals surface area contributed by atoms with Crippen LogP contribution in [0.2, 0.25) is 0 Å². The Labute approximate surface area is 114 Å². The van der Waals surface area contributed by atoms with Crippen molar-refractivity contribution in [1.29, 1.82) is 0 Å². The van der Waals surface area contributed by atoms with Gasteiger partial charge in [0.1, 0.15) is 5.82 Å². The minimum Gasteiger partial charge on any atom is -0.371 e. The highest BCUT2D eigenvalue weighted by Gasteiger charge is 2.37. The Morgan fingerprint density at radius 2 is 1.79 bits per heavy atom. The van der Waals surface area contributed by atoms with E-state index in [0.29, 0.717) is 12.0 Å². The topological polar surface area (TPSA) is 29.3 Å². The van der Waals surface area contributed by atoms with Crippen LogP contribution in [0.5, 0.6) is 0 Å². The molecular weight excluding hydrogens is 239 g/mol. The van der Waals surface area contributed by atoms with Crippen LogP contribution in [0.25, 0.3) is 0 Å². The van der Waals surface area contributed by atoms with Crippen LogP contribution >= 0.6 is 0 Å². The Hall–Kier alpha value is -1.09. The van der Waals surface area contributed by atoms with Gasteiger partial charge in [-0.25, -0.2) is 4.39 Å². The van der Waals surface area contributed by atoms with Gasteiger partial charge in [-0.3, -0.25) is 0 Å². The van der Waals surface area contributed by atoms with Crippen LogP contribution in [-0.2, 0) is 6.54 Å². The lowest BCUT2D eigenvalue weighted by Crippen LogP contribution is -2.39. The summed E-state index contributed by atoms with van der Waals surface area (Å²) in [4.78, 5) is 2.39. The van der Waals surface area contributed by atoms with Crippen molar-refractivity contribution in [3.05, 3.63) is 29.6 Å². The van der Waals surface area contributed by atoms with Crippen LogP contribution in [-0.4, -0.2) is 13.1 Å². The van der Waals surface area contributed by atoms with Crippen LogP contribution in [0, 0.1) is 11.2 Å². The standard InChI is InChI=1S/C16H23FN2/c17-14-3-4-15(13(11-14)12-18)19-9-7-16(8-10-19)5-1-2-6-16/h3-4,11H,1-2,5-10,12,18H2. The first-order valence-electron chi connectivity index (χ1n) is 7.46. The summed E-state index contributed by atoms with van der Waals surface area (Å²) >= 11 is 0. The minimum absolute atomic E-state index is 0.187. The second-order valence-electron chi connectivity index (χ2n) is 6.17. The van der Waals surface area contributed by atoms with Crippen molar-refractivity contribution in [1.82, 2.24) is 0 Å². The number of piperidine rings is 1. The summed E-state index contributed by atoms with van der Waals surface area (Å²) < 4.78 is 13.3. The largest absolute Gasteiger partial charge is 0.371 e. The van der Waals surface area contributed by atoms with E-state index in [1.165, 1.54) is 38.5 Å². The predicted molar refractivity (Wildman–Crippen MR) is 76.6 cm³/mol. The van der Waals surface area contributed by atoms with E-state index >= 15 is 0 Å². The molecule has 2 N–H and O–H groups in total. The molecule has 1 heterocycles. The molecule has 1 saturated carbocycles. The van der Waals surface area contributed by atoms with Gasteiger partial charge in [-0.2, -0.15) is 0 Å². The lowest BCUT2D eigenvalue weighted by atomic mass is 9.77. The van der Waals surface area contributed by atoms with E-state index in [4.69, 9.17) is 5.73 Å². The zero-order valence-corrected chi connectivity index (χ0v) is 11.5. The number of benzene rings is 1. The second-order valence-corrected chi connectivity index (χ2v) is 6.17. The smallest absolute Gasteiger partial charge is 0.123 e. The summed E-state index contributed by atoms with van der Waals surface area (Å²) in [5.74, 6) is -0.187. The van der Waals surface area contributed by atoms with Crippen molar-refractivity contribution in [2.75, 3.05) is 18.0 Å². The van der Waals surface area contributed by atoms with Gasteiger partial charge in [0.2, 0.25) is 0 Å². The molecular formula is C16H23FN2. The molecule has 1 aromatic rings. The molecule has 2 nitrogen and oxygen atoms in total. The number of anilines is 1. The van der Waals surface area contributed by atoms with Crippen LogP contribution < -0.4 is 10.6 Å². The molecule has 3 heteroatoms. The van der Waals surface area contributed by atoms with Crippen molar-refractivity contribution in [3.8, 4) is 0 Å². The number of nitrogens with two attached hydrogens (primary N) is 1. The zero-order valence-electron chi connectivity index (χ0n) is 11.5. The van der Waals surface area contributed by atoms with Gasteiger partial charge < -0.3 is 10.6 Å². The van der Waals surface area contributed by atoms with Crippen LogP contribution in [0.1, 0.15) is 44.1 Å². The van der Waals surface area contributed by atoms with Gasteiger partial charge in [-0.05, 0) is 54.9 Å². The molecule has 1 aliphatic heterocycles. The predicted octanol–water partition coefficient (Wildman–Crippen LogP) is 3.45. The molecule has 1 aliphatic carbocycles. The van der Waals surface area contributed by atoms with Crippen molar-refractivity contribution in [2.45, 2.75) is 45.1 Å². The molecule has 1 aromatic carbocycles. The summed E-state index contributed by atoms with van der Waals surface area (Å²) in [5.41, 5.74) is 8.44. The third-order valence-electron chi connectivity index (χ3n) is 5.09. The fourth-order valence-corrected chi connectivity index (χ4v) is 3.87. The first-order valence-corrected chi connectivity index (χ1v) is 7.46. The molecule has 1 saturated heterocycles. The van der Waals surface area contributed by atoms with Gasteiger partial charge in [0.15, 0.2) is 0 Å². The molecule has 0 aromatic heterocycles. The lowest BCUT2D eigenvalue weighted by molar-refractivity contribution is 0.226. The van der Waals surface area contributed by atoms with Crippen molar-refractivity contribution in [3.63, 3.8) is 0 Å². The molecule has 0 unspecified atom stereocenters. The lowest BCUT2D eigenvalue weighted by Gasteiger charge is -2.41. The van der Waals surface area contributed by atoms with Gasteiger partial charge in [-0.1, -0.05) is 12.8 Å². The molecule has 19 heavy (non-hydrogen) atoms. The number of halogens is 1. The average molecular weight is 262 g/mol. The third kappa shape index (κ3) is 2.48. The van der Waals surface area contributed by atoms with Gasteiger partial charge in [0, 0.05) is 25.3 Å². The van der Waals surface area contributed by atoms with E-state index in [9.17, 15) is 4.39 Å². The molecule has 1 spiro atoms. The Bertz CT molecular complexity index is 442. The van der Waals surface area contributed by atoms with Gasteiger partial charge in [0.25, 0.3) is 0 Å². The van der Waals surface area contributed by atoms with E-state index in [1.807, 2.05) is 6.07 Å². The average Bonchev–Trinajstić information content (AvgIpc) is 2.88. The highest BCUT2D eigenvalue weighted by Crippen LogP contribution is 2.46. The maximum Gasteiger partial charge on any atom is 0.123 e. The highest BCUT2D eigenvalue weighted by atomic mass is 19.1. The highest BCUT2D eigenvalue weighted by molar-refractivity contribution is 5.54. The molecule has 0 atom stereocenters. The fourth-order valence-electron chi connectivity index (χ4n) is 3.87. The number of hydrogen-bond donors (Lipinski definition) is 1. The van der Waals surface area contributed by atoms with E-state index in [-0.39, 0.29) is 5.82 Å². The first-order chi connectivity index (χ1) is 9.22. The van der Waals surface area contributed by atoms with Crippen LogP contribution in [0.15, 0.2) is 18.2 Å². The molecule has 3 rings (SSSR count). The minimum atomic E-state index is -0.187. The molecule has 104 valence electrons. The fraction of sp³-hybridized carbons (Fsp3) is 0.625. The van der Waals surface area contributed by atoms with Crippen LogP contribution in [0.4, 0.5) is 10.1 Å². The van der Waals surface area contributed by atoms with E-state index in [2.05, 4.69) is 4.90 Å². The molecule has 2 fully saturated rings. The molecule has 2 aliphatic rings. The first kappa shape index (κ1) is 12.9. The van der Waals surface area contributed by atoms with Crippen molar-refractivity contribution >= 4 is 5.69 Å². The number of hydrogen-bond acceptors (Lipinski definition) is 2. The van der Waals surface area contributed by atoms with Gasteiger partial charge in [0.05, 0.1) is 0 Å².